The summed E-state index contributed by atoms with van der Waals surface area (Å²) in [6.45, 7) is 4.14. The molecule has 0 spiro atoms. The first kappa shape index (κ1) is 31.4. The number of aliphatic hydroxyl groups is 3. The average molecular weight is 458 g/mol. The summed E-state index contributed by atoms with van der Waals surface area (Å²) < 4.78 is 0. The van der Waals surface area contributed by atoms with Gasteiger partial charge < -0.3 is 20.6 Å². The fourth-order valence-electron chi connectivity index (χ4n) is 4.19. The molecule has 0 rings (SSSR count). The largest absolute Gasteiger partial charge is 0.394 e. The first-order valence-corrected chi connectivity index (χ1v) is 13.8. The van der Waals surface area contributed by atoms with Crippen LogP contribution >= 0.6 is 0 Å². The number of carbonyl (C=O) groups is 1. The van der Waals surface area contributed by atoms with Gasteiger partial charge in [0.05, 0.1) is 18.8 Å². The maximum atomic E-state index is 12.2. The van der Waals surface area contributed by atoms with Crippen LogP contribution in [0.25, 0.3) is 0 Å². The number of unbranched alkanes of at least 4 members (excludes halogenated alkanes) is 16. The molecule has 4 N–H and O–H groups in total. The topological polar surface area (TPSA) is 89.8 Å². The lowest BCUT2D eigenvalue weighted by atomic mass is 10.0. The number of aliphatic hydroxyl groups excluding tert-OH is 3. The van der Waals surface area contributed by atoms with Gasteiger partial charge in [-0.15, -0.1) is 0 Å². The normalized spacial score (nSPS) is 14.3. The van der Waals surface area contributed by atoms with Crippen molar-refractivity contribution in [3.05, 3.63) is 0 Å². The Kier molecular flexibility index (Phi) is 23.0. The Balaban J connectivity index is 3.80. The summed E-state index contributed by atoms with van der Waals surface area (Å²) in [4.78, 5) is 12.2. The van der Waals surface area contributed by atoms with E-state index in [9.17, 15) is 20.1 Å². The van der Waals surface area contributed by atoms with E-state index in [1.165, 1.54) is 83.5 Å². The third kappa shape index (κ3) is 18.9. The molecule has 32 heavy (non-hydrogen) atoms. The molecule has 0 aliphatic heterocycles. The first-order chi connectivity index (χ1) is 15.6. The second-order valence-corrected chi connectivity index (χ2v) is 9.62. The molecule has 0 heterocycles. The van der Waals surface area contributed by atoms with Crippen LogP contribution in [-0.4, -0.2) is 46.1 Å². The van der Waals surface area contributed by atoms with Crippen molar-refractivity contribution in [2.75, 3.05) is 6.61 Å². The third-order valence-corrected chi connectivity index (χ3v) is 6.48. The van der Waals surface area contributed by atoms with Gasteiger partial charge in [0.25, 0.3) is 0 Å². The molecule has 3 atom stereocenters. The molecule has 192 valence electrons. The van der Waals surface area contributed by atoms with Gasteiger partial charge in [-0.25, -0.2) is 0 Å². The van der Waals surface area contributed by atoms with Crippen molar-refractivity contribution in [2.24, 2.45) is 0 Å². The zero-order chi connectivity index (χ0) is 23.9. The molecule has 5 heteroatoms. The Bertz CT molecular complexity index is 405. The van der Waals surface area contributed by atoms with E-state index in [1.54, 1.807) is 0 Å². The van der Waals surface area contributed by atoms with E-state index in [-0.39, 0.29) is 6.61 Å². The highest BCUT2D eigenvalue weighted by Gasteiger charge is 2.23. The van der Waals surface area contributed by atoms with Gasteiger partial charge in [0.15, 0.2) is 0 Å². The minimum Gasteiger partial charge on any atom is -0.394 e. The maximum absolute atomic E-state index is 12.2. The molecule has 0 bridgehead atoms. The highest BCUT2D eigenvalue weighted by atomic mass is 16.3. The predicted octanol–water partition coefficient (Wildman–Crippen LogP) is 6.03. The number of amides is 1. The highest BCUT2D eigenvalue weighted by Crippen LogP contribution is 2.14. The average Bonchev–Trinajstić information content (AvgIpc) is 2.79. The van der Waals surface area contributed by atoms with Crippen molar-refractivity contribution < 1.29 is 20.1 Å². The molecule has 0 aliphatic carbocycles. The van der Waals surface area contributed by atoms with E-state index < -0.39 is 24.2 Å². The standard InChI is InChI=1S/C27H55NO4/c1-3-5-7-9-11-13-14-16-17-19-21-25(30)24(23-29)28-27(32)26(31)22-20-18-15-12-10-8-6-4-2/h24-26,29-31H,3-23H2,1-2H3,(H,28,32). The minimum absolute atomic E-state index is 0.310. The zero-order valence-electron chi connectivity index (χ0n) is 21.3. The lowest BCUT2D eigenvalue weighted by molar-refractivity contribution is -0.131. The number of hydrogen-bond acceptors (Lipinski definition) is 4. The van der Waals surface area contributed by atoms with Crippen molar-refractivity contribution in [2.45, 2.75) is 161 Å². The smallest absolute Gasteiger partial charge is 0.249 e. The number of nitrogens with one attached hydrogen (secondary N) is 1. The Hall–Kier alpha value is -0.650. The second-order valence-electron chi connectivity index (χ2n) is 9.62. The van der Waals surface area contributed by atoms with Crippen LogP contribution in [0.5, 0.6) is 0 Å². The second kappa shape index (κ2) is 23.5. The van der Waals surface area contributed by atoms with Gasteiger partial charge in [-0.2, -0.15) is 0 Å². The Morgan fingerprint density at radius 2 is 1.00 bits per heavy atom. The summed E-state index contributed by atoms with van der Waals surface area (Å²) in [5, 5.41) is 32.7. The Morgan fingerprint density at radius 1 is 0.625 bits per heavy atom. The molecule has 5 nitrogen and oxygen atoms in total. The lowest BCUT2D eigenvalue weighted by Gasteiger charge is -2.23. The molecule has 0 saturated carbocycles. The molecule has 0 radical (unpaired) electrons. The third-order valence-electron chi connectivity index (χ3n) is 6.48. The van der Waals surface area contributed by atoms with Crippen LogP contribution in [-0.2, 0) is 4.79 Å². The molecule has 0 aliphatic rings. The summed E-state index contributed by atoms with van der Waals surface area (Å²) in [6, 6.07) is -0.700. The van der Waals surface area contributed by atoms with E-state index >= 15 is 0 Å². The zero-order valence-corrected chi connectivity index (χ0v) is 21.3. The molecule has 0 aromatic rings. The summed E-state index contributed by atoms with van der Waals surface area (Å²) in [7, 11) is 0. The quantitative estimate of drug-likeness (QED) is 0.133. The van der Waals surface area contributed by atoms with Gasteiger partial charge in [-0.05, 0) is 12.8 Å². The summed E-state index contributed by atoms with van der Waals surface area (Å²) in [5.74, 6) is -0.478. The fraction of sp³-hybridized carbons (Fsp3) is 0.963. The van der Waals surface area contributed by atoms with E-state index in [2.05, 4.69) is 19.2 Å². The van der Waals surface area contributed by atoms with Gasteiger partial charge in [-0.1, -0.05) is 129 Å². The van der Waals surface area contributed by atoms with Crippen molar-refractivity contribution in [3.63, 3.8) is 0 Å². The SMILES string of the molecule is CCCCCCCCCCCCC(O)C(CO)NC(=O)C(O)CCCCCCCCCC. The van der Waals surface area contributed by atoms with Crippen LogP contribution in [0.4, 0.5) is 0 Å². The molecule has 0 fully saturated rings. The maximum Gasteiger partial charge on any atom is 0.249 e. The van der Waals surface area contributed by atoms with Crippen LogP contribution in [0.15, 0.2) is 0 Å². The molecular weight excluding hydrogens is 402 g/mol. The van der Waals surface area contributed by atoms with Crippen LogP contribution < -0.4 is 5.32 Å². The fourth-order valence-corrected chi connectivity index (χ4v) is 4.19. The minimum atomic E-state index is -1.06. The number of carbonyl (C=O) groups excluding carboxylic acids is 1. The molecular formula is C27H55NO4. The van der Waals surface area contributed by atoms with Crippen LogP contribution in [0.2, 0.25) is 0 Å². The van der Waals surface area contributed by atoms with Crippen molar-refractivity contribution in [1.29, 1.82) is 0 Å². The van der Waals surface area contributed by atoms with Gasteiger partial charge in [0.2, 0.25) is 5.91 Å². The van der Waals surface area contributed by atoms with Gasteiger partial charge >= 0.3 is 0 Å². The van der Waals surface area contributed by atoms with Crippen molar-refractivity contribution >= 4 is 5.91 Å². The molecule has 0 aromatic heterocycles. The summed E-state index contributed by atoms with van der Waals surface area (Å²) in [5.41, 5.74) is 0. The number of hydrogen-bond donors (Lipinski definition) is 4. The van der Waals surface area contributed by atoms with Gasteiger partial charge in [-0.3, -0.25) is 4.79 Å². The highest BCUT2D eigenvalue weighted by molar-refractivity contribution is 5.80. The predicted molar refractivity (Wildman–Crippen MR) is 135 cm³/mol. The lowest BCUT2D eigenvalue weighted by Crippen LogP contribution is -2.49. The molecule has 0 aromatic carbocycles. The van der Waals surface area contributed by atoms with Crippen LogP contribution in [0.3, 0.4) is 0 Å². The first-order valence-electron chi connectivity index (χ1n) is 13.8. The summed E-state index contributed by atoms with van der Waals surface area (Å²) in [6.07, 6.45) is 20.8. The molecule has 0 saturated heterocycles. The van der Waals surface area contributed by atoms with Gasteiger partial charge in [0, 0.05) is 0 Å². The Labute approximate surface area is 198 Å². The van der Waals surface area contributed by atoms with Gasteiger partial charge in [0.1, 0.15) is 6.10 Å². The van der Waals surface area contributed by atoms with Crippen molar-refractivity contribution in [1.82, 2.24) is 5.32 Å². The molecule has 1 amide bonds. The summed E-state index contributed by atoms with van der Waals surface area (Å²) >= 11 is 0. The molecule has 3 unspecified atom stereocenters. The van der Waals surface area contributed by atoms with E-state index in [4.69, 9.17) is 0 Å². The monoisotopic (exact) mass is 457 g/mol. The van der Waals surface area contributed by atoms with Crippen LogP contribution in [0.1, 0.15) is 142 Å². The van der Waals surface area contributed by atoms with E-state index in [0.717, 1.165) is 32.1 Å². The van der Waals surface area contributed by atoms with E-state index in [0.29, 0.717) is 12.8 Å². The van der Waals surface area contributed by atoms with Crippen molar-refractivity contribution in [3.8, 4) is 0 Å². The van der Waals surface area contributed by atoms with E-state index in [1.807, 2.05) is 0 Å². The number of rotatable bonds is 24. The van der Waals surface area contributed by atoms with Crippen LogP contribution in [0, 0.1) is 0 Å². The Morgan fingerprint density at radius 3 is 1.41 bits per heavy atom.